The van der Waals surface area contributed by atoms with Crippen LogP contribution in [0.1, 0.15) is 68.4 Å². The van der Waals surface area contributed by atoms with Crippen molar-refractivity contribution in [2.45, 2.75) is 80.6 Å². The van der Waals surface area contributed by atoms with E-state index in [2.05, 4.69) is 25.3 Å². The molecule has 0 aromatic heterocycles. The van der Waals surface area contributed by atoms with E-state index in [0.717, 1.165) is 47.3 Å². The maximum absolute atomic E-state index is 14.6. The molecule has 0 radical (unpaired) electrons. The fraction of sp³-hybridized carbons (Fsp3) is 0.458. The minimum atomic E-state index is -1.46. The monoisotopic (exact) mass is 854 g/mol. The first-order chi connectivity index (χ1) is 29.9. The van der Waals surface area contributed by atoms with Crippen LogP contribution in [0.25, 0.3) is 0 Å². The Hall–Kier alpha value is -4.95. The number of hydrogen-bond acceptors (Lipinski definition) is 12. The van der Waals surface area contributed by atoms with Crippen molar-refractivity contribution in [2.24, 2.45) is 22.9 Å². The summed E-state index contributed by atoms with van der Waals surface area (Å²) in [6.07, 6.45) is 12.5. The van der Waals surface area contributed by atoms with Gasteiger partial charge in [-0.3, -0.25) is 4.90 Å². The van der Waals surface area contributed by atoms with Gasteiger partial charge in [-0.25, -0.2) is 4.79 Å². The van der Waals surface area contributed by atoms with Crippen molar-refractivity contribution in [1.82, 2.24) is 4.90 Å². The second kappa shape index (κ2) is 20.7. The Balaban J connectivity index is 1.42. The Morgan fingerprint density at radius 1 is 0.951 bits per heavy atom. The number of unbranched alkanes of at least 4 members (excludes halogenated alkanes) is 2. The summed E-state index contributed by atoms with van der Waals surface area (Å²) >= 11 is 1.67. The van der Waals surface area contributed by atoms with Gasteiger partial charge in [-0.1, -0.05) is 42.3 Å². The Kier molecular flexibility index (Phi) is 15.0. The minimum Gasteiger partial charge on any atom is -0.459 e. The fourth-order valence-corrected chi connectivity index (χ4v) is 9.86. The molecule has 2 aliphatic carbocycles. The van der Waals surface area contributed by atoms with Crippen LogP contribution in [0.5, 0.6) is 28.7 Å². The summed E-state index contributed by atoms with van der Waals surface area (Å²) in [7, 11) is 1.53. The largest absolute Gasteiger partial charge is 0.459 e. The Morgan fingerprint density at radius 3 is 2.44 bits per heavy atom. The molecule has 2 heterocycles. The number of rotatable bonds is 21. The third-order valence-electron chi connectivity index (χ3n) is 12.1. The van der Waals surface area contributed by atoms with Crippen molar-refractivity contribution in [3.8, 4) is 28.7 Å². The minimum absolute atomic E-state index is 0.0499. The molecule has 0 spiro atoms. The molecule has 2 N–H and O–H groups in total. The predicted octanol–water partition coefficient (Wildman–Crippen LogP) is 9.41. The molecule has 3 aromatic carbocycles. The van der Waals surface area contributed by atoms with Gasteiger partial charge in [0.25, 0.3) is 0 Å². The summed E-state index contributed by atoms with van der Waals surface area (Å²) < 4.78 is 38.3. The number of benzene rings is 3. The number of carbonyl (C=O) groups excluding carboxylic acids is 1. The average molecular weight is 855 g/mol. The SMILES string of the molecule is C=CCCOC(=O)N(Cc1ccc2c(c1)OCO2)C1CC(=NOC)C2=CC(CCCCO)C(CCCCO)C3c4cc(Oc5ccc(SC)cc5)ccc4OC1(OCC=C)C23. The maximum atomic E-state index is 14.6. The molecule has 0 bridgehead atoms. The average Bonchev–Trinajstić information content (AvgIpc) is 3.75. The number of hydrogen-bond donors (Lipinski definition) is 2. The van der Waals surface area contributed by atoms with Crippen molar-refractivity contribution in [3.63, 3.8) is 0 Å². The molecule has 13 heteroatoms. The van der Waals surface area contributed by atoms with Gasteiger partial charge in [0.2, 0.25) is 12.6 Å². The van der Waals surface area contributed by atoms with E-state index in [9.17, 15) is 15.0 Å². The predicted molar refractivity (Wildman–Crippen MR) is 235 cm³/mol. The normalized spacial score (nSPS) is 23.8. The van der Waals surface area contributed by atoms with Crippen LogP contribution in [-0.2, 0) is 20.9 Å². The van der Waals surface area contributed by atoms with Gasteiger partial charge in [-0.15, -0.1) is 24.9 Å². The van der Waals surface area contributed by atoms with E-state index in [1.165, 1.54) is 7.11 Å². The lowest BCUT2D eigenvalue weighted by molar-refractivity contribution is -0.256. The van der Waals surface area contributed by atoms with Crippen molar-refractivity contribution < 1.29 is 48.3 Å². The van der Waals surface area contributed by atoms with E-state index in [-0.39, 0.29) is 63.9 Å². The lowest BCUT2D eigenvalue weighted by Gasteiger charge is -2.59. The van der Waals surface area contributed by atoms with Gasteiger partial charge in [-0.05, 0) is 116 Å². The molecule has 7 rings (SSSR count). The van der Waals surface area contributed by atoms with E-state index in [4.69, 9.17) is 38.4 Å². The van der Waals surface area contributed by atoms with Crippen LogP contribution >= 0.6 is 11.8 Å². The number of amides is 1. The highest BCUT2D eigenvalue weighted by atomic mass is 32.2. The third kappa shape index (κ3) is 9.60. The number of fused-ring (bicyclic) bond motifs is 3. The highest BCUT2D eigenvalue weighted by Crippen LogP contribution is 2.62. The summed E-state index contributed by atoms with van der Waals surface area (Å²) in [5.74, 6) is 1.19. The molecular weight excluding hydrogens is 797 g/mol. The van der Waals surface area contributed by atoms with Crippen LogP contribution in [-0.4, -0.2) is 85.3 Å². The number of carbonyl (C=O) groups is 1. The number of nitrogens with zero attached hydrogens (tertiary/aromatic N) is 2. The van der Waals surface area contributed by atoms with E-state index in [0.29, 0.717) is 53.7 Å². The molecule has 6 unspecified atom stereocenters. The van der Waals surface area contributed by atoms with Gasteiger partial charge in [0.05, 0.1) is 24.8 Å². The number of aliphatic hydroxyl groups is 2. The van der Waals surface area contributed by atoms with E-state index >= 15 is 0 Å². The highest BCUT2D eigenvalue weighted by Gasteiger charge is 2.65. The summed E-state index contributed by atoms with van der Waals surface area (Å²) in [4.78, 5) is 23.1. The summed E-state index contributed by atoms with van der Waals surface area (Å²) in [5, 5.41) is 24.5. The number of thioether (sulfide) groups is 1. The van der Waals surface area contributed by atoms with Crippen LogP contribution in [0.3, 0.4) is 0 Å². The Bertz CT molecular complexity index is 2060. The van der Waals surface area contributed by atoms with Crippen molar-refractivity contribution in [3.05, 3.63) is 109 Å². The topological polar surface area (TPSA) is 138 Å². The van der Waals surface area contributed by atoms with Crippen LogP contribution in [0.15, 0.2) is 108 Å². The second-order valence-electron chi connectivity index (χ2n) is 15.7. The lowest BCUT2D eigenvalue weighted by Crippen LogP contribution is -2.70. The van der Waals surface area contributed by atoms with E-state index < -0.39 is 23.8 Å². The molecular formula is C48H58N2O10S. The van der Waals surface area contributed by atoms with Crippen LogP contribution in [0, 0.1) is 17.8 Å². The zero-order valence-electron chi connectivity index (χ0n) is 35.2. The quantitative estimate of drug-likeness (QED) is 0.0459. The number of oxime groups is 1. The number of aliphatic hydroxyl groups excluding tert-OH is 2. The Morgan fingerprint density at radius 2 is 1.70 bits per heavy atom. The molecule has 0 saturated heterocycles. The molecule has 3 aromatic rings. The smallest absolute Gasteiger partial charge is 0.410 e. The maximum Gasteiger partial charge on any atom is 0.410 e. The van der Waals surface area contributed by atoms with Crippen molar-refractivity contribution in [1.29, 1.82) is 0 Å². The molecule has 12 nitrogen and oxygen atoms in total. The molecule has 2 aliphatic heterocycles. The Labute approximate surface area is 363 Å². The third-order valence-corrected chi connectivity index (χ3v) is 12.8. The van der Waals surface area contributed by atoms with Gasteiger partial charge in [-0.2, -0.15) is 0 Å². The standard InChI is InChI=1S/C48H58N2O10S/c1-5-7-25-55-47(53)50(30-32-14-20-42-43(26-32)57-31-56-42)44-29-40(49-54-3)38-27-33(12-8-10-22-51)37(13-9-11-23-52)45-39-28-35(59-34-15-18-36(61-4)19-16-34)17-21-41(39)60-48(44,46(38)45)58-24-6-2/h5-6,14-21,26-28,33,37,44-46,51-52H,1-2,7-13,22-25,29-31H2,3-4H3. The first-order valence-electron chi connectivity index (χ1n) is 21.2. The zero-order valence-corrected chi connectivity index (χ0v) is 36.0. The summed E-state index contributed by atoms with van der Waals surface area (Å²) in [5.41, 5.74) is 3.38. The molecule has 1 amide bonds. The van der Waals surface area contributed by atoms with Gasteiger partial charge in [0, 0.05) is 42.6 Å². The van der Waals surface area contributed by atoms with Crippen LogP contribution in [0.4, 0.5) is 4.79 Å². The lowest BCUT2D eigenvalue weighted by atomic mass is 9.55. The highest BCUT2D eigenvalue weighted by molar-refractivity contribution is 7.98. The van der Waals surface area contributed by atoms with E-state index in [1.807, 2.05) is 60.9 Å². The van der Waals surface area contributed by atoms with Crippen LogP contribution in [0.2, 0.25) is 0 Å². The van der Waals surface area contributed by atoms with Gasteiger partial charge in [0.1, 0.15) is 30.4 Å². The van der Waals surface area contributed by atoms with Crippen molar-refractivity contribution >= 4 is 23.6 Å². The summed E-state index contributed by atoms with van der Waals surface area (Å²) in [6, 6.07) is 18.8. The number of allylic oxidation sites excluding steroid dienone is 1. The van der Waals surface area contributed by atoms with Crippen molar-refractivity contribution in [2.75, 3.05) is 46.6 Å². The second-order valence-corrected chi connectivity index (χ2v) is 16.6. The van der Waals surface area contributed by atoms with E-state index in [1.54, 1.807) is 28.8 Å². The summed E-state index contributed by atoms with van der Waals surface area (Å²) in [6.45, 7) is 8.57. The first kappa shape index (κ1) is 44.1. The van der Waals surface area contributed by atoms with Gasteiger partial charge in [0.15, 0.2) is 11.5 Å². The van der Waals surface area contributed by atoms with Gasteiger partial charge >= 0.3 is 6.09 Å². The molecule has 61 heavy (non-hydrogen) atoms. The molecule has 326 valence electrons. The molecule has 6 atom stereocenters. The first-order valence-corrected chi connectivity index (χ1v) is 22.5. The fourth-order valence-electron chi connectivity index (χ4n) is 9.45. The molecule has 4 aliphatic rings. The zero-order chi connectivity index (χ0) is 42.8. The van der Waals surface area contributed by atoms with Gasteiger partial charge < -0.3 is 43.5 Å². The van der Waals surface area contributed by atoms with Crippen LogP contribution < -0.4 is 18.9 Å². The molecule has 1 fully saturated rings. The number of ether oxygens (including phenoxy) is 6. The molecule has 1 saturated carbocycles.